The van der Waals surface area contributed by atoms with Crippen molar-refractivity contribution in [2.45, 2.75) is 45.8 Å². The summed E-state index contributed by atoms with van der Waals surface area (Å²) in [6, 6.07) is 6.24. The Morgan fingerprint density at radius 3 is 2.92 bits per heavy atom. The molecule has 142 valence electrons. The van der Waals surface area contributed by atoms with Gasteiger partial charge in [0.2, 0.25) is 0 Å². The first-order chi connectivity index (χ1) is 12.1. The van der Waals surface area contributed by atoms with Crippen LogP contribution in [0.1, 0.15) is 42.2 Å². The van der Waals surface area contributed by atoms with Gasteiger partial charge >= 0.3 is 0 Å². The number of nitrogens with one attached hydrogen (secondary N) is 2. The lowest BCUT2D eigenvalue weighted by Crippen LogP contribution is -2.38. The van der Waals surface area contributed by atoms with E-state index < -0.39 is 0 Å². The Hall–Kier alpha value is -1.84. The highest BCUT2D eigenvalue weighted by Gasteiger charge is 2.18. The van der Waals surface area contributed by atoms with Gasteiger partial charge in [-0.05, 0) is 26.3 Å². The van der Waals surface area contributed by atoms with Crippen LogP contribution in [0.25, 0.3) is 0 Å². The minimum atomic E-state index is 0. The van der Waals surface area contributed by atoms with Gasteiger partial charge in [0, 0.05) is 25.6 Å². The number of hydrogen-bond acceptors (Lipinski definition) is 4. The second-order valence-electron chi connectivity index (χ2n) is 6.32. The summed E-state index contributed by atoms with van der Waals surface area (Å²) in [4.78, 5) is 4.32. The molecule has 0 bridgehead atoms. The van der Waals surface area contributed by atoms with E-state index in [1.807, 2.05) is 12.1 Å². The van der Waals surface area contributed by atoms with Gasteiger partial charge in [-0.1, -0.05) is 17.7 Å². The summed E-state index contributed by atoms with van der Waals surface area (Å²) in [5.74, 6) is 3.64. The predicted molar refractivity (Wildman–Crippen MR) is 113 cm³/mol. The Balaban J connectivity index is 0.00000243. The van der Waals surface area contributed by atoms with Crippen molar-refractivity contribution >= 4 is 29.9 Å². The van der Waals surface area contributed by atoms with Crippen LogP contribution < -0.4 is 15.4 Å². The summed E-state index contributed by atoms with van der Waals surface area (Å²) in [6.45, 7) is 5.78. The van der Waals surface area contributed by atoms with E-state index in [1.54, 1.807) is 14.2 Å². The molecule has 2 heterocycles. The van der Waals surface area contributed by atoms with Crippen molar-refractivity contribution in [3.63, 3.8) is 0 Å². The molecule has 0 amide bonds. The summed E-state index contributed by atoms with van der Waals surface area (Å²) in [7, 11) is 3.46. The molecule has 1 aromatic heterocycles. The summed E-state index contributed by atoms with van der Waals surface area (Å²) >= 11 is 0. The largest absolute Gasteiger partial charge is 0.496 e. The van der Waals surface area contributed by atoms with Gasteiger partial charge in [-0.3, -0.25) is 4.99 Å². The van der Waals surface area contributed by atoms with Crippen molar-refractivity contribution in [1.29, 1.82) is 0 Å². The number of aromatic nitrogens is 3. The van der Waals surface area contributed by atoms with Crippen LogP contribution in [0.5, 0.6) is 5.75 Å². The minimum Gasteiger partial charge on any atom is -0.496 e. The topological polar surface area (TPSA) is 76.4 Å². The molecule has 0 fully saturated rings. The van der Waals surface area contributed by atoms with Gasteiger partial charge in [0.05, 0.1) is 19.7 Å². The molecule has 1 aliphatic rings. The standard InChI is InChI=1S/C18H26N6O.HI/c1-12-7-8-15(25-4)14(10-12)13(2)21-18(19-3)20-11-17-23-22-16-6-5-9-24(16)17;/h7-8,10,13H,5-6,9,11H2,1-4H3,(H2,19,20,21);1H. The molecule has 26 heavy (non-hydrogen) atoms. The maximum atomic E-state index is 5.48. The number of aryl methyl sites for hydroxylation is 2. The number of ether oxygens (including phenoxy) is 1. The molecule has 7 nitrogen and oxygen atoms in total. The van der Waals surface area contributed by atoms with Crippen LogP contribution in [0.2, 0.25) is 0 Å². The van der Waals surface area contributed by atoms with Gasteiger partial charge in [-0.25, -0.2) is 0 Å². The molecule has 1 atom stereocenters. The fraction of sp³-hybridized carbons (Fsp3) is 0.500. The lowest BCUT2D eigenvalue weighted by molar-refractivity contribution is 0.405. The highest BCUT2D eigenvalue weighted by Crippen LogP contribution is 2.26. The lowest BCUT2D eigenvalue weighted by Gasteiger charge is -2.20. The number of guanidine groups is 1. The Bertz CT molecular complexity index is 773. The van der Waals surface area contributed by atoms with E-state index in [4.69, 9.17) is 4.74 Å². The number of methoxy groups -OCH3 is 1. The van der Waals surface area contributed by atoms with Crippen LogP contribution in [0, 0.1) is 6.92 Å². The molecule has 0 radical (unpaired) electrons. The third-order valence-corrected chi connectivity index (χ3v) is 4.53. The Kier molecular flexibility index (Phi) is 7.24. The molecule has 2 aromatic rings. The maximum Gasteiger partial charge on any atom is 0.191 e. The fourth-order valence-corrected chi connectivity index (χ4v) is 3.17. The third-order valence-electron chi connectivity index (χ3n) is 4.53. The van der Waals surface area contributed by atoms with Crippen molar-refractivity contribution in [2.24, 2.45) is 4.99 Å². The molecule has 1 aromatic carbocycles. The Labute approximate surface area is 171 Å². The van der Waals surface area contributed by atoms with Crippen LogP contribution in [-0.2, 0) is 19.5 Å². The Morgan fingerprint density at radius 2 is 2.19 bits per heavy atom. The summed E-state index contributed by atoms with van der Waals surface area (Å²) < 4.78 is 7.67. The fourth-order valence-electron chi connectivity index (χ4n) is 3.17. The minimum absolute atomic E-state index is 0. The van der Waals surface area contributed by atoms with Crippen LogP contribution >= 0.6 is 24.0 Å². The van der Waals surface area contributed by atoms with Gasteiger partial charge in [0.15, 0.2) is 11.8 Å². The van der Waals surface area contributed by atoms with Gasteiger partial charge < -0.3 is 19.9 Å². The summed E-state index contributed by atoms with van der Waals surface area (Å²) in [5.41, 5.74) is 2.31. The van der Waals surface area contributed by atoms with Crippen LogP contribution in [0.3, 0.4) is 0 Å². The zero-order valence-corrected chi connectivity index (χ0v) is 18.1. The van der Waals surface area contributed by atoms with E-state index in [1.165, 1.54) is 5.56 Å². The first kappa shape index (κ1) is 20.5. The highest BCUT2D eigenvalue weighted by atomic mass is 127. The quantitative estimate of drug-likeness (QED) is 0.399. The number of aliphatic imine (C=N–C) groups is 1. The number of rotatable bonds is 5. The van der Waals surface area contributed by atoms with E-state index in [9.17, 15) is 0 Å². The molecule has 1 unspecified atom stereocenters. The average molecular weight is 470 g/mol. The smallest absolute Gasteiger partial charge is 0.191 e. The van der Waals surface area contributed by atoms with Crippen molar-refractivity contribution in [3.05, 3.63) is 41.0 Å². The number of halogens is 1. The number of benzene rings is 1. The van der Waals surface area contributed by atoms with Gasteiger partial charge in [-0.15, -0.1) is 34.2 Å². The highest BCUT2D eigenvalue weighted by molar-refractivity contribution is 14.0. The molecule has 0 spiro atoms. The van der Waals surface area contributed by atoms with E-state index in [0.29, 0.717) is 6.54 Å². The van der Waals surface area contributed by atoms with Gasteiger partial charge in [0.25, 0.3) is 0 Å². The van der Waals surface area contributed by atoms with Crippen molar-refractivity contribution < 1.29 is 4.74 Å². The molecule has 3 rings (SSSR count). The van der Waals surface area contributed by atoms with Crippen LogP contribution in [-0.4, -0.2) is 34.9 Å². The number of fused-ring (bicyclic) bond motifs is 1. The molecule has 0 aliphatic carbocycles. The van der Waals surface area contributed by atoms with Crippen molar-refractivity contribution in [3.8, 4) is 5.75 Å². The zero-order chi connectivity index (χ0) is 17.8. The SMILES string of the molecule is CN=C(NCc1nnc2n1CCC2)NC(C)c1cc(C)ccc1OC.I. The van der Waals surface area contributed by atoms with E-state index in [-0.39, 0.29) is 30.0 Å². The normalized spacial score (nSPS) is 14.4. The van der Waals surface area contributed by atoms with E-state index in [0.717, 1.165) is 48.3 Å². The zero-order valence-electron chi connectivity index (χ0n) is 15.7. The molecule has 8 heteroatoms. The monoisotopic (exact) mass is 470 g/mol. The van der Waals surface area contributed by atoms with Crippen molar-refractivity contribution in [2.75, 3.05) is 14.2 Å². The first-order valence-electron chi connectivity index (χ1n) is 8.65. The second kappa shape index (κ2) is 9.20. The predicted octanol–water partition coefficient (Wildman–Crippen LogP) is 2.59. The second-order valence-corrected chi connectivity index (χ2v) is 6.32. The van der Waals surface area contributed by atoms with Gasteiger partial charge in [-0.2, -0.15) is 0 Å². The number of hydrogen-bond donors (Lipinski definition) is 2. The lowest BCUT2D eigenvalue weighted by atomic mass is 10.0. The molecule has 1 aliphatic heterocycles. The van der Waals surface area contributed by atoms with Crippen molar-refractivity contribution in [1.82, 2.24) is 25.4 Å². The van der Waals surface area contributed by atoms with E-state index in [2.05, 4.69) is 50.3 Å². The first-order valence-corrected chi connectivity index (χ1v) is 8.65. The molecule has 0 saturated carbocycles. The summed E-state index contributed by atoms with van der Waals surface area (Å²) in [5, 5.41) is 15.3. The third kappa shape index (κ3) is 4.46. The average Bonchev–Trinajstić information content (AvgIpc) is 3.22. The Morgan fingerprint density at radius 1 is 1.38 bits per heavy atom. The van der Waals surface area contributed by atoms with Crippen LogP contribution in [0.4, 0.5) is 0 Å². The summed E-state index contributed by atoms with van der Waals surface area (Å²) in [6.07, 6.45) is 2.17. The number of nitrogens with zero attached hydrogens (tertiary/aromatic N) is 4. The van der Waals surface area contributed by atoms with E-state index >= 15 is 0 Å². The molecule has 2 N–H and O–H groups in total. The van der Waals surface area contributed by atoms with Gasteiger partial charge in [0.1, 0.15) is 11.6 Å². The molecule has 0 saturated heterocycles. The maximum absolute atomic E-state index is 5.48. The molecular weight excluding hydrogens is 443 g/mol. The molecular formula is C18H27IN6O. The van der Waals surface area contributed by atoms with Crippen LogP contribution in [0.15, 0.2) is 23.2 Å².